The van der Waals surface area contributed by atoms with Gasteiger partial charge in [-0.25, -0.2) is 0 Å². The second-order valence-electron chi connectivity index (χ2n) is 5.36. The van der Waals surface area contributed by atoms with E-state index in [1.54, 1.807) is 23.5 Å². The van der Waals surface area contributed by atoms with Crippen molar-refractivity contribution in [3.05, 3.63) is 51.7 Å². The molecule has 2 heterocycles. The number of halogens is 1. The van der Waals surface area contributed by atoms with E-state index in [2.05, 4.69) is 38.3 Å². The van der Waals surface area contributed by atoms with Gasteiger partial charge in [0.2, 0.25) is 11.0 Å². The van der Waals surface area contributed by atoms with E-state index in [1.807, 2.05) is 19.1 Å². The van der Waals surface area contributed by atoms with Gasteiger partial charge in [-0.2, -0.15) is 0 Å². The molecule has 0 spiro atoms. The number of para-hydroxylation sites is 1. The van der Waals surface area contributed by atoms with Crippen LogP contribution in [0.4, 0.5) is 10.8 Å². The summed E-state index contributed by atoms with van der Waals surface area (Å²) in [6.45, 7) is 2.64. The fourth-order valence-electron chi connectivity index (χ4n) is 2.08. The third kappa shape index (κ3) is 5.44. The molecule has 0 aliphatic heterocycles. The number of anilines is 2. The number of nitrogens with zero attached hydrogens (tertiary/aromatic N) is 2. The number of benzene rings is 1. The molecule has 2 N–H and O–H groups in total. The minimum absolute atomic E-state index is 0.120. The predicted octanol–water partition coefficient (Wildman–Crippen LogP) is 5.03. The Morgan fingerprint density at radius 2 is 2.12 bits per heavy atom. The lowest BCUT2D eigenvalue weighted by molar-refractivity contribution is -0.115. The predicted molar refractivity (Wildman–Crippen MR) is 112 cm³/mol. The van der Waals surface area contributed by atoms with Crippen molar-refractivity contribution in [1.82, 2.24) is 10.2 Å². The molecule has 0 fully saturated rings. The van der Waals surface area contributed by atoms with Crippen LogP contribution in [-0.2, 0) is 11.2 Å². The zero-order valence-electron chi connectivity index (χ0n) is 13.9. The van der Waals surface area contributed by atoms with Crippen molar-refractivity contribution in [2.45, 2.75) is 22.9 Å². The molecule has 0 aliphatic rings. The third-order valence-electron chi connectivity index (χ3n) is 3.41. The number of thiophene rings is 1. The summed E-state index contributed by atoms with van der Waals surface area (Å²) in [7, 11) is 0. The maximum atomic E-state index is 12.3. The van der Waals surface area contributed by atoms with Crippen LogP contribution in [0.15, 0.2) is 46.1 Å². The highest BCUT2D eigenvalue weighted by Gasteiger charge is 2.18. The van der Waals surface area contributed by atoms with Crippen LogP contribution in [0, 0.1) is 0 Å². The van der Waals surface area contributed by atoms with E-state index in [9.17, 15) is 4.79 Å². The van der Waals surface area contributed by atoms with Crippen LogP contribution in [-0.4, -0.2) is 27.9 Å². The zero-order chi connectivity index (χ0) is 18.4. The highest BCUT2D eigenvalue weighted by molar-refractivity contribution is 8.02. The van der Waals surface area contributed by atoms with Crippen LogP contribution in [0.1, 0.15) is 11.8 Å². The molecule has 5 nitrogen and oxygen atoms in total. The molecule has 0 radical (unpaired) electrons. The van der Waals surface area contributed by atoms with E-state index in [1.165, 1.54) is 28.0 Å². The van der Waals surface area contributed by atoms with Gasteiger partial charge in [0.25, 0.3) is 0 Å². The smallest absolute Gasteiger partial charge is 0.237 e. The minimum Gasteiger partial charge on any atom is -0.360 e. The molecule has 136 valence electrons. The fourth-order valence-corrected chi connectivity index (χ4v) is 4.89. The van der Waals surface area contributed by atoms with Gasteiger partial charge in [-0.3, -0.25) is 4.79 Å². The molecule has 1 unspecified atom stereocenters. The van der Waals surface area contributed by atoms with Crippen molar-refractivity contribution in [2.75, 3.05) is 17.2 Å². The topological polar surface area (TPSA) is 66.9 Å². The number of hydrogen-bond acceptors (Lipinski definition) is 7. The summed E-state index contributed by atoms with van der Waals surface area (Å²) >= 11 is 10.7. The highest BCUT2D eigenvalue weighted by atomic mass is 35.5. The molecule has 0 aliphatic carbocycles. The Morgan fingerprint density at radius 3 is 2.88 bits per heavy atom. The van der Waals surface area contributed by atoms with Gasteiger partial charge >= 0.3 is 0 Å². The lowest BCUT2D eigenvalue weighted by Gasteiger charge is -2.11. The largest absolute Gasteiger partial charge is 0.360 e. The van der Waals surface area contributed by atoms with E-state index in [4.69, 9.17) is 11.6 Å². The molecule has 0 saturated heterocycles. The number of carbonyl (C=O) groups excluding carboxylic acids is 1. The van der Waals surface area contributed by atoms with Crippen molar-refractivity contribution in [1.29, 1.82) is 0 Å². The quantitative estimate of drug-likeness (QED) is 0.496. The maximum Gasteiger partial charge on any atom is 0.237 e. The van der Waals surface area contributed by atoms with Gasteiger partial charge in [0.05, 0.1) is 16.0 Å². The Morgan fingerprint density at radius 1 is 1.27 bits per heavy atom. The first-order valence-corrected chi connectivity index (χ1v) is 10.9. The van der Waals surface area contributed by atoms with Gasteiger partial charge in [0.1, 0.15) is 0 Å². The first-order valence-electron chi connectivity index (χ1n) is 7.93. The van der Waals surface area contributed by atoms with Gasteiger partial charge in [-0.15, -0.1) is 21.5 Å². The average Bonchev–Trinajstić information content (AvgIpc) is 3.29. The normalized spacial score (nSPS) is 11.9. The second kappa shape index (κ2) is 9.36. The summed E-state index contributed by atoms with van der Waals surface area (Å²) in [5.41, 5.74) is 0.611. The summed E-state index contributed by atoms with van der Waals surface area (Å²) in [6.07, 6.45) is 0.955. The SMILES string of the molecule is CC(Sc1nnc(NCCc2cccs2)s1)C(=O)Nc1ccccc1Cl. The zero-order valence-corrected chi connectivity index (χ0v) is 17.1. The minimum atomic E-state index is -0.307. The molecule has 1 aromatic carbocycles. The maximum absolute atomic E-state index is 12.3. The molecule has 2 aromatic heterocycles. The van der Waals surface area contributed by atoms with Crippen molar-refractivity contribution in [3.8, 4) is 0 Å². The van der Waals surface area contributed by atoms with Crippen molar-refractivity contribution < 1.29 is 4.79 Å². The van der Waals surface area contributed by atoms with Crippen molar-refractivity contribution in [3.63, 3.8) is 0 Å². The van der Waals surface area contributed by atoms with E-state index in [-0.39, 0.29) is 11.2 Å². The number of carbonyl (C=O) groups is 1. The molecule has 1 amide bonds. The van der Waals surface area contributed by atoms with E-state index in [0.717, 1.165) is 22.4 Å². The number of nitrogens with one attached hydrogen (secondary N) is 2. The van der Waals surface area contributed by atoms with Crippen LogP contribution < -0.4 is 10.6 Å². The van der Waals surface area contributed by atoms with Crippen LogP contribution >= 0.6 is 46.0 Å². The monoisotopic (exact) mass is 424 g/mol. The lowest BCUT2D eigenvalue weighted by Crippen LogP contribution is -2.22. The molecule has 9 heteroatoms. The van der Waals surface area contributed by atoms with E-state index in [0.29, 0.717) is 10.7 Å². The van der Waals surface area contributed by atoms with Crippen molar-refractivity contribution in [2.24, 2.45) is 0 Å². The molecule has 26 heavy (non-hydrogen) atoms. The summed E-state index contributed by atoms with van der Waals surface area (Å²) < 4.78 is 0.755. The number of hydrogen-bond donors (Lipinski definition) is 2. The first kappa shape index (κ1) is 19.2. The fraction of sp³-hybridized carbons (Fsp3) is 0.235. The van der Waals surface area contributed by atoms with Gasteiger partial charge in [-0.05, 0) is 36.9 Å². The molecule has 0 bridgehead atoms. The average molecular weight is 425 g/mol. The summed E-state index contributed by atoms with van der Waals surface area (Å²) in [4.78, 5) is 13.7. The standard InChI is InChI=1S/C17H17ClN4OS3/c1-11(15(23)20-14-7-3-2-6-13(14)18)25-17-22-21-16(26-17)19-9-8-12-5-4-10-24-12/h2-7,10-11H,8-9H2,1H3,(H,19,21)(H,20,23). The first-order chi connectivity index (χ1) is 12.6. The summed E-state index contributed by atoms with van der Waals surface area (Å²) in [5.74, 6) is -0.120. The van der Waals surface area contributed by atoms with E-state index < -0.39 is 0 Å². The number of amides is 1. The molecular weight excluding hydrogens is 408 g/mol. The molecule has 0 saturated carbocycles. The van der Waals surface area contributed by atoms with E-state index >= 15 is 0 Å². The highest BCUT2D eigenvalue weighted by Crippen LogP contribution is 2.30. The Labute approximate surface area is 169 Å². The molecule has 3 rings (SSSR count). The Hall–Kier alpha value is -1.61. The summed E-state index contributed by atoms with van der Waals surface area (Å²) in [5, 5.41) is 17.4. The molecule has 1 atom stereocenters. The molecular formula is C17H17ClN4OS3. The number of thioether (sulfide) groups is 1. The van der Waals surface area contributed by atoms with Crippen molar-refractivity contribution >= 4 is 62.8 Å². The lowest BCUT2D eigenvalue weighted by atomic mass is 10.3. The Kier molecular flexibility index (Phi) is 6.90. The van der Waals surface area contributed by atoms with Crippen LogP contribution in [0.2, 0.25) is 5.02 Å². The van der Waals surface area contributed by atoms with Gasteiger partial charge < -0.3 is 10.6 Å². The van der Waals surface area contributed by atoms with Crippen LogP contribution in [0.25, 0.3) is 0 Å². The van der Waals surface area contributed by atoms with Crippen LogP contribution in [0.5, 0.6) is 0 Å². The van der Waals surface area contributed by atoms with Gasteiger partial charge in [0, 0.05) is 11.4 Å². The summed E-state index contributed by atoms with van der Waals surface area (Å²) in [6, 6.07) is 11.3. The second-order valence-corrected chi connectivity index (χ2v) is 9.36. The number of aromatic nitrogens is 2. The van der Waals surface area contributed by atoms with Crippen LogP contribution in [0.3, 0.4) is 0 Å². The van der Waals surface area contributed by atoms with Gasteiger partial charge in [-0.1, -0.05) is 52.9 Å². The van der Waals surface area contributed by atoms with Gasteiger partial charge in [0.15, 0.2) is 4.34 Å². The third-order valence-corrected chi connectivity index (χ3v) is 6.74. The Balaban J connectivity index is 1.48. The Bertz CT molecular complexity index is 853. The number of rotatable bonds is 8. The molecule has 3 aromatic rings.